The number of carbonyl (C=O) groups is 1. The molecule has 0 aromatic carbocycles. The molecule has 0 saturated heterocycles. The minimum Gasteiger partial charge on any atom is -0.448 e. The van der Waals surface area contributed by atoms with Gasteiger partial charge in [0.1, 0.15) is 12.4 Å². The van der Waals surface area contributed by atoms with Gasteiger partial charge in [0.15, 0.2) is 0 Å². The summed E-state index contributed by atoms with van der Waals surface area (Å²) in [6, 6.07) is 1.58. The van der Waals surface area contributed by atoms with Gasteiger partial charge >= 0.3 is 6.09 Å². The van der Waals surface area contributed by atoms with Crippen LogP contribution in [0.1, 0.15) is 0 Å². The summed E-state index contributed by atoms with van der Waals surface area (Å²) in [5.74, 6) is 0.485. The van der Waals surface area contributed by atoms with E-state index in [1.807, 2.05) is 0 Å². The third-order valence-corrected chi connectivity index (χ3v) is 1.79. The molecule has 0 fully saturated rings. The molecule has 1 amide bonds. The lowest BCUT2D eigenvalue weighted by molar-refractivity contribution is 0.161. The third kappa shape index (κ3) is 3.90. The Bertz CT molecular complexity index is 358. The van der Waals surface area contributed by atoms with E-state index < -0.39 is 6.09 Å². The second-order valence-corrected chi connectivity index (χ2v) is 3.10. The van der Waals surface area contributed by atoms with Crippen LogP contribution in [0.5, 0.6) is 0 Å². The van der Waals surface area contributed by atoms with E-state index >= 15 is 0 Å². The number of pyridine rings is 1. The van der Waals surface area contributed by atoms with Crippen molar-refractivity contribution < 1.29 is 9.53 Å². The summed E-state index contributed by atoms with van der Waals surface area (Å²) >= 11 is 5.83. The molecule has 0 aliphatic heterocycles. The Balaban J connectivity index is 2.40. The van der Waals surface area contributed by atoms with Gasteiger partial charge in [-0.3, -0.25) is 0 Å². The molecule has 15 heavy (non-hydrogen) atoms. The van der Waals surface area contributed by atoms with Crippen molar-refractivity contribution in [2.24, 2.45) is 5.73 Å². The first kappa shape index (κ1) is 11.4. The number of primary amides is 1. The molecule has 1 rings (SSSR count). The number of amides is 1. The molecule has 0 aliphatic rings. The number of aromatic nitrogens is 1. The van der Waals surface area contributed by atoms with Crippen molar-refractivity contribution in [3.05, 3.63) is 17.3 Å². The van der Waals surface area contributed by atoms with Gasteiger partial charge in [-0.05, 0) is 6.07 Å². The highest BCUT2D eigenvalue weighted by Crippen LogP contribution is 2.20. The Labute approximate surface area is 91.6 Å². The molecule has 82 valence electrons. The van der Waals surface area contributed by atoms with Gasteiger partial charge in [0.25, 0.3) is 0 Å². The maximum absolute atomic E-state index is 10.2. The Morgan fingerprint density at radius 3 is 3.00 bits per heavy atom. The second kappa shape index (κ2) is 5.26. The summed E-state index contributed by atoms with van der Waals surface area (Å²) in [5, 5.41) is 3.28. The molecule has 1 aromatic rings. The molecule has 0 atom stereocenters. The number of nitrogens with one attached hydrogen (secondary N) is 1. The molecule has 0 bridgehead atoms. The molecular formula is C8H11ClN4O2. The summed E-state index contributed by atoms with van der Waals surface area (Å²) < 4.78 is 4.51. The largest absolute Gasteiger partial charge is 0.448 e. The zero-order valence-electron chi connectivity index (χ0n) is 7.87. The zero-order chi connectivity index (χ0) is 11.3. The second-order valence-electron chi connectivity index (χ2n) is 2.69. The number of hydrogen-bond donors (Lipinski definition) is 3. The van der Waals surface area contributed by atoms with Crippen LogP contribution >= 0.6 is 11.6 Å². The highest BCUT2D eigenvalue weighted by Gasteiger charge is 2.01. The predicted molar refractivity (Wildman–Crippen MR) is 57.7 cm³/mol. The van der Waals surface area contributed by atoms with E-state index in [4.69, 9.17) is 23.1 Å². The normalized spacial score (nSPS) is 9.67. The first-order valence-electron chi connectivity index (χ1n) is 4.16. The van der Waals surface area contributed by atoms with E-state index in [2.05, 4.69) is 15.0 Å². The van der Waals surface area contributed by atoms with Crippen molar-refractivity contribution in [2.75, 3.05) is 24.2 Å². The number of rotatable bonds is 4. The lowest BCUT2D eigenvalue weighted by Crippen LogP contribution is -2.18. The number of nitrogen functional groups attached to an aromatic ring is 1. The quantitative estimate of drug-likeness (QED) is 0.665. The maximum atomic E-state index is 10.2. The number of nitrogens with two attached hydrogens (primary N) is 2. The van der Waals surface area contributed by atoms with E-state index in [1.165, 1.54) is 6.20 Å². The van der Waals surface area contributed by atoms with Crippen molar-refractivity contribution in [1.82, 2.24) is 4.98 Å². The van der Waals surface area contributed by atoms with Crippen LogP contribution in [-0.2, 0) is 4.74 Å². The minimum atomic E-state index is -0.812. The molecular weight excluding hydrogens is 220 g/mol. The fourth-order valence-corrected chi connectivity index (χ4v) is 1.15. The van der Waals surface area contributed by atoms with E-state index in [1.54, 1.807) is 6.07 Å². The summed E-state index contributed by atoms with van der Waals surface area (Å²) in [5.41, 5.74) is 10.7. The Kier molecular flexibility index (Phi) is 3.99. The van der Waals surface area contributed by atoms with E-state index in [9.17, 15) is 4.79 Å². The first-order chi connectivity index (χ1) is 7.09. The SMILES string of the molecule is NC(=O)OCCNc1ncc(N)cc1Cl. The van der Waals surface area contributed by atoms with E-state index in [-0.39, 0.29) is 6.61 Å². The molecule has 0 unspecified atom stereocenters. The number of nitrogens with zero attached hydrogens (tertiary/aromatic N) is 1. The van der Waals surface area contributed by atoms with Crippen LogP contribution in [0.3, 0.4) is 0 Å². The van der Waals surface area contributed by atoms with Crippen LogP contribution in [0.2, 0.25) is 5.02 Å². The topological polar surface area (TPSA) is 103 Å². The van der Waals surface area contributed by atoms with Gasteiger partial charge in [-0.2, -0.15) is 0 Å². The number of hydrogen-bond acceptors (Lipinski definition) is 5. The Morgan fingerprint density at radius 2 is 2.40 bits per heavy atom. The van der Waals surface area contributed by atoms with Crippen LogP contribution in [0.15, 0.2) is 12.3 Å². The number of halogens is 1. The Hall–Kier alpha value is -1.69. The maximum Gasteiger partial charge on any atom is 0.404 e. The number of ether oxygens (including phenoxy) is 1. The van der Waals surface area contributed by atoms with Crippen molar-refractivity contribution in [1.29, 1.82) is 0 Å². The van der Waals surface area contributed by atoms with Gasteiger partial charge in [0.2, 0.25) is 0 Å². The molecule has 0 aliphatic carbocycles. The Morgan fingerprint density at radius 1 is 1.67 bits per heavy atom. The van der Waals surface area contributed by atoms with Gasteiger partial charge in [0, 0.05) is 0 Å². The monoisotopic (exact) mass is 230 g/mol. The van der Waals surface area contributed by atoms with E-state index in [0.29, 0.717) is 23.1 Å². The van der Waals surface area contributed by atoms with Gasteiger partial charge < -0.3 is 21.5 Å². The number of anilines is 2. The number of carbonyl (C=O) groups excluding carboxylic acids is 1. The highest BCUT2D eigenvalue weighted by molar-refractivity contribution is 6.33. The molecule has 7 heteroatoms. The van der Waals surface area contributed by atoms with Gasteiger partial charge in [-0.1, -0.05) is 11.6 Å². The fourth-order valence-electron chi connectivity index (χ4n) is 0.904. The van der Waals surface area contributed by atoms with E-state index in [0.717, 1.165) is 0 Å². The minimum absolute atomic E-state index is 0.151. The van der Waals surface area contributed by atoms with Crippen LogP contribution in [0.4, 0.5) is 16.3 Å². The fraction of sp³-hybridized carbons (Fsp3) is 0.250. The average Bonchev–Trinajstić information content (AvgIpc) is 2.14. The molecule has 1 aromatic heterocycles. The summed E-state index contributed by atoms with van der Waals surface area (Å²) in [6.07, 6.45) is 0.663. The average molecular weight is 231 g/mol. The van der Waals surface area contributed by atoms with Crippen molar-refractivity contribution >= 4 is 29.2 Å². The van der Waals surface area contributed by atoms with Gasteiger partial charge in [-0.15, -0.1) is 0 Å². The molecule has 0 saturated carbocycles. The molecule has 0 spiro atoms. The molecule has 0 radical (unpaired) electrons. The summed E-state index contributed by atoms with van der Waals surface area (Å²) in [7, 11) is 0. The smallest absolute Gasteiger partial charge is 0.404 e. The van der Waals surface area contributed by atoms with Crippen LogP contribution in [0.25, 0.3) is 0 Å². The van der Waals surface area contributed by atoms with Gasteiger partial charge in [-0.25, -0.2) is 9.78 Å². The summed E-state index contributed by atoms with van der Waals surface area (Å²) in [6.45, 7) is 0.525. The van der Waals surface area contributed by atoms with Crippen molar-refractivity contribution in [3.8, 4) is 0 Å². The highest BCUT2D eigenvalue weighted by atomic mass is 35.5. The van der Waals surface area contributed by atoms with Gasteiger partial charge in [0.05, 0.1) is 23.5 Å². The standard InChI is InChI=1S/C8H11ClN4O2/c9-6-3-5(10)4-13-7(6)12-1-2-15-8(11)14/h3-4H,1-2,10H2,(H2,11,14)(H,12,13). The van der Waals surface area contributed by atoms with Crippen LogP contribution in [-0.4, -0.2) is 24.2 Å². The molecule has 1 heterocycles. The lowest BCUT2D eigenvalue weighted by atomic mass is 10.4. The third-order valence-electron chi connectivity index (χ3n) is 1.50. The molecule has 6 nitrogen and oxygen atoms in total. The van der Waals surface area contributed by atoms with Crippen LogP contribution in [0, 0.1) is 0 Å². The first-order valence-corrected chi connectivity index (χ1v) is 4.54. The summed E-state index contributed by atoms with van der Waals surface area (Å²) in [4.78, 5) is 14.2. The van der Waals surface area contributed by atoms with Crippen molar-refractivity contribution in [3.63, 3.8) is 0 Å². The van der Waals surface area contributed by atoms with Crippen LogP contribution < -0.4 is 16.8 Å². The zero-order valence-corrected chi connectivity index (χ0v) is 8.62. The lowest BCUT2D eigenvalue weighted by Gasteiger charge is -2.07. The predicted octanol–water partition coefficient (Wildman–Crippen LogP) is 0.824. The van der Waals surface area contributed by atoms with Crippen molar-refractivity contribution in [2.45, 2.75) is 0 Å². The molecule has 5 N–H and O–H groups in total.